The third-order valence-corrected chi connectivity index (χ3v) is 4.61. The molecule has 0 spiro atoms. The van der Waals surface area contributed by atoms with E-state index in [1.165, 1.54) is 0 Å². The van der Waals surface area contributed by atoms with Gasteiger partial charge in [0.1, 0.15) is 6.61 Å². The van der Waals surface area contributed by atoms with E-state index in [4.69, 9.17) is 39.5 Å². The smallest absolute Gasteiger partial charge is 0.157 e. The summed E-state index contributed by atoms with van der Waals surface area (Å²) in [6.45, 7) is 0.294. The summed E-state index contributed by atoms with van der Waals surface area (Å²) in [6, 6.07) is 22.4. The molecule has 0 aliphatic carbocycles. The Bertz CT molecular complexity index is 1000. The molecule has 134 valence electrons. The van der Waals surface area contributed by atoms with Gasteiger partial charge in [0.15, 0.2) is 5.75 Å². The van der Waals surface area contributed by atoms with Crippen LogP contribution in [0.2, 0.25) is 15.1 Å². The monoisotopic (exact) mass is 413 g/mol. The first-order chi connectivity index (χ1) is 13.1. The molecule has 2 nitrogen and oxygen atoms in total. The molecule has 0 unspecified atom stereocenters. The molecule has 0 atom stereocenters. The number of ether oxygens (including phenoxy) is 1. The maximum absolute atomic E-state index is 9.45. The van der Waals surface area contributed by atoms with Crippen molar-refractivity contribution >= 4 is 46.5 Å². The lowest BCUT2D eigenvalue weighted by Crippen LogP contribution is -1.97. The molecule has 0 N–H and O–H groups in total. The van der Waals surface area contributed by atoms with Crippen LogP contribution in [0.3, 0.4) is 0 Å². The van der Waals surface area contributed by atoms with Crippen molar-refractivity contribution in [2.45, 2.75) is 6.61 Å². The van der Waals surface area contributed by atoms with Gasteiger partial charge in [-0.3, -0.25) is 0 Å². The fourth-order valence-corrected chi connectivity index (χ4v) is 3.37. The van der Waals surface area contributed by atoms with Crippen molar-refractivity contribution < 1.29 is 4.74 Å². The first-order valence-corrected chi connectivity index (χ1v) is 9.23. The van der Waals surface area contributed by atoms with E-state index in [1.54, 1.807) is 24.3 Å². The van der Waals surface area contributed by atoms with Crippen LogP contribution < -0.4 is 4.74 Å². The van der Waals surface area contributed by atoms with Crippen LogP contribution in [0.4, 0.5) is 0 Å². The third-order valence-electron chi connectivity index (χ3n) is 3.81. The molecule has 0 saturated carbocycles. The van der Waals surface area contributed by atoms with Gasteiger partial charge in [0.2, 0.25) is 0 Å². The average Bonchev–Trinajstić information content (AvgIpc) is 2.66. The number of allylic oxidation sites excluding steroid dienone is 1. The summed E-state index contributed by atoms with van der Waals surface area (Å²) in [4.78, 5) is 0. The Balaban J connectivity index is 1.84. The third kappa shape index (κ3) is 5.05. The van der Waals surface area contributed by atoms with Crippen LogP contribution in [0.25, 0.3) is 11.6 Å². The van der Waals surface area contributed by atoms with Gasteiger partial charge in [0, 0.05) is 5.02 Å². The van der Waals surface area contributed by atoms with E-state index in [-0.39, 0.29) is 0 Å². The lowest BCUT2D eigenvalue weighted by molar-refractivity contribution is 0.306. The number of rotatable bonds is 5. The fraction of sp³-hybridized carbons (Fsp3) is 0.0455. The van der Waals surface area contributed by atoms with Gasteiger partial charge in [0.25, 0.3) is 0 Å². The second kappa shape index (κ2) is 8.97. The van der Waals surface area contributed by atoms with E-state index in [2.05, 4.69) is 6.07 Å². The highest BCUT2D eigenvalue weighted by Gasteiger charge is 2.11. The summed E-state index contributed by atoms with van der Waals surface area (Å²) in [5.74, 6) is 0.397. The number of hydrogen-bond acceptors (Lipinski definition) is 2. The van der Waals surface area contributed by atoms with E-state index < -0.39 is 0 Å². The SMILES string of the molecule is N#C/C(=C\c1cc(Cl)c(OCc2cccc(Cl)c2)c(Cl)c1)c1ccccc1. The molecule has 0 saturated heterocycles. The highest BCUT2D eigenvalue weighted by Crippen LogP contribution is 2.36. The molecular weight excluding hydrogens is 401 g/mol. The van der Waals surface area contributed by atoms with Crippen molar-refractivity contribution in [3.63, 3.8) is 0 Å². The molecule has 0 heterocycles. The van der Waals surface area contributed by atoms with Crippen molar-refractivity contribution in [3.05, 3.63) is 98.5 Å². The van der Waals surface area contributed by atoms with Gasteiger partial charge < -0.3 is 4.74 Å². The number of nitriles is 1. The van der Waals surface area contributed by atoms with Crippen molar-refractivity contribution in [1.82, 2.24) is 0 Å². The summed E-state index contributed by atoms with van der Waals surface area (Å²) >= 11 is 18.7. The Hall–Kier alpha value is -2.44. The molecule has 0 radical (unpaired) electrons. The lowest BCUT2D eigenvalue weighted by Gasteiger charge is -2.11. The zero-order valence-corrected chi connectivity index (χ0v) is 16.4. The zero-order valence-electron chi connectivity index (χ0n) is 14.1. The van der Waals surface area contributed by atoms with Crippen LogP contribution in [0.1, 0.15) is 16.7 Å². The topological polar surface area (TPSA) is 33.0 Å². The van der Waals surface area contributed by atoms with Gasteiger partial charge in [-0.2, -0.15) is 5.26 Å². The minimum absolute atomic E-state index is 0.294. The van der Waals surface area contributed by atoms with E-state index in [1.807, 2.05) is 48.5 Å². The summed E-state index contributed by atoms with van der Waals surface area (Å²) in [5, 5.41) is 10.8. The zero-order chi connectivity index (χ0) is 19.2. The molecule has 0 aliphatic rings. The molecule has 0 aliphatic heterocycles. The Morgan fingerprint density at radius 1 is 0.926 bits per heavy atom. The Morgan fingerprint density at radius 2 is 1.63 bits per heavy atom. The Kier molecular flexibility index (Phi) is 6.42. The maximum atomic E-state index is 9.45. The van der Waals surface area contributed by atoms with Gasteiger partial charge in [-0.1, -0.05) is 77.3 Å². The predicted molar refractivity (Wildman–Crippen MR) is 112 cm³/mol. The van der Waals surface area contributed by atoms with Crippen LogP contribution in [0.5, 0.6) is 5.75 Å². The van der Waals surface area contributed by atoms with Crippen molar-refractivity contribution in [2.75, 3.05) is 0 Å². The van der Waals surface area contributed by atoms with Crippen LogP contribution in [-0.2, 0) is 6.61 Å². The molecule has 3 aromatic rings. The summed E-state index contributed by atoms with van der Waals surface area (Å²) in [7, 11) is 0. The first kappa shape index (κ1) is 19.3. The number of halogens is 3. The molecule has 5 heteroatoms. The standard InChI is InChI=1S/C22H14Cl3NO/c23-19-8-4-5-15(10-19)14-27-22-20(24)11-16(12-21(22)25)9-18(13-26)17-6-2-1-3-7-17/h1-12H,14H2/b18-9+. The molecule has 0 fully saturated rings. The molecule has 0 bridgehead atoms. The van der Waals surface area contributed by atoms with Crippen molar-refractivity contribution in [3.8, 4) is 11.8 Å². The van der Waals surface area contributed by atoms with Crippen LogP contribution in [-0.4, -0.2) is 0 Å². The lowest BCUT2D eigenvalue weighted by atomic mass is 10.0. The van der Waals surface area contributed by atoms with Crippen LogP contribution >= 0.6 is 34.8 Å². The molecule has 27 heavy (non-hydrogen) atoms. The highest BCUT2D eigenvalue weighted by atomic mass is 35.5. The van der Waals surface area contributed by atoms with Crippen molar-refractivity contribution in [1.29, 1.82) is 5.26 Å². The van der Waals surface area contributed by atoms with Crippen LogP contribution in [0.15, 0.2) is 66.7 Å². The summed E-state index contributed by atoms with van der Waals surface area (Å²) in [6.07, 6.45) is 1.74. The molecule has 0 aromatic heterocycles. The van der Waals surface area contributed by atoms with Gasteiger partial charge in [-0.05, 0) is 47.0 Å². The quantitative estimate of drug-likeness (QED) is 0.324. The average molecular weight is 415 g/mol. The van der Waals surface area contributed by atoms with Crippen LogP contribution in [0, 0.1) is 11.3 Å². The molecule has 0 amide bonds. The number of benzene rings is 3. The van der Waals surface area contributed by atoms with E-state index in [0.29, 0.717) is 33.0 Å². The van der Waals surface area contributed by atoms with Gasteiger partial charge >= 0.3 is 0 Å². The molecule has 3 rings (SSSR count). The predicted octanol–water partition coefficient (Wildman–Crippen LogP) is 7.29. The van der Waals surface area contributed by atoms with Crippen molar-refractivity contribution in [2.24, 2.45) is 0 Å². The normalized spacial score (nSPS) is 11.1. The van der Waals surface area contributed by atoms with E-state index in [9.17, 15) is 5.26 Å². The largest absolute Gasteiger partial charge is 0.486 e. The molecular formula is C22H14Cl3NO. The Morgan fingerprint density at radius 3 is 2.26 bits per heavy atom. The van der Waals surface area contributed by atoms with E-state index in [0.717, 1.165) is 16.7 Å². The summed E-state index contributed by atoms with van der Waals surface area (Å²) < 4.78 is 5.77. The number of hydrogen-bond donors (Lipinski definition) is 0. The highest BCUT2D eigenvalue weighted by molar-refractivity contribution is 6.37. The van der Waals surface area contributed by atoms with Gasteiger partial charge in [0.05, 0.1) is 21.7 Å². The Labute approximate surface area is 173 Å². The van der Waals surface area contributed by atoms with Gasteiger partial charge in [-0.15, -0.1) is 0 Å². The van der Waals surface area contributed by atoms with E-state index >= 15 is 0 Å². The summed E-state index contributed by atoms with van der Waals surface area (Å²) in [5.41, 5.74) is 2.99. The maximum Gasteiger partial charge on any atom is 0.157 e. The fourth-order valence-electron chi connectivity index (χ4n) is 2.55. The van der Waals surface area contributed by atoms with Gasteiger partial charge in [-0.25, -0.2) is 0 Å². The minimum Gasteiger partial charge on any atom is -0.486 e. The second-order valence-electron chi connectivity index (χ2n) is 5.77. The minimum atomic E-state index is 0.294. The first-order valence-electron chi connectivity index (χ1n) is 8.10. The second-order valence-corrected chi connectivity index (χ2v) is 7.02. The molecule has 3 aromatic carbocycles. The number of nitrogens with zero attached hydrogens (tertiary/aromatic N) is 1.